The number of nitrogens with zero attached hydrogens (tertiary/aromatic N) is 1. The van der Waals surface area contributed by atoms with Crippen LogP contribution >= 0.6 is 27.5 Å². The molecule has 0 spiro atoms. The normalized spacial score (nSPS) is 23.1. The van der Waals surface area contributed by atoms with Crippen molar-refractivity contribution in [3.63, 3.8) is 0 Å². The van der Waals surface area contributed by atoms with Crippen LogP contribution in [0.15, 0.2) is 22.7 Å². The largest absolute Gasteiger partial charge is 0.365 e. The molecule has 1 aliphatic rings. The van der Waals surface area contributed by atoms with E-state index in [1.807, 2.05) is 0 Å². The van der Waals surface area contributed by atoms with Crippen LogP contribution < -0.4 is 10.2 Å². The fourth-order valence-electron chi connectivity index (χ4n) is 3.12. The van der Waals surface area contributed by atoms with Crippen molar-refractivity contribution < 1.29 is 0 Å². The highest BCUT2D eigenvalue weighted by Gasteiger charge is 2.30. The zero-order valence-electron chi connectivity index (χ0n) is 13.4. The van der Waals surface area contributed by atoms with Gasteiger partial charge in [-0.05, 0) is 52.4 Å². The lowest BCUT2D eigenvalue weighted by Gasteiger charge is -2.44. The number of hydrogen-bond donors (Lipinski definition) is 1. The standard InChI is InChI=1S/C17H26BrClN2/c1-11(2)7-13-10-21(17(9-20-13)12(3)4)14-5-6-15(18)16(19)8-14/h5-6,8,11-13,17,20H,7,9-10H2,1-4H3. The maximum absolute atomic E-state index is 6.29. The SMILES string of the molecule is CC(C)CC1CN(c2ccc(Br)c(Cl)c2)C(C(C)C)CN1. The van der Waals surface area contributed by atoms with Crippen molar-refractivity contribution >= 4 is 33.2 Å². The summed E-state index contributed by atoms with van der Waals surface area (Å²) < 4.78 is 0.961. The molecule has 0 aromatic heterocycles. The zero-order chi connectivity index (χ0) is 15.6. The Morgan fingerprint density at radius 1 is 1.33 bits per heavy atom. The van der Waals surface area contributed by atoms with E-state index in [0.29, 0.717) is 23.9 Å². The summed E-state index contributed by atoms with van der Waals surface area (Å²) in [7, 11) is 0. The van der Waals surface area contributed by atoms with Crippen LogP contribution in [0.3, 0.4) is 0 Å². The number of halogens is 2. The molecule has 1 saturated heterocycles. The monoisotopic (exact) mass is 372 g/mol. The summed E-state index contributed by atoms with van der Waals surface area (Å²) in [6, 6.07) is 7.38. The first-order valence-corrected chi connectivity index (χ1v) is 9.00. The second kappa shape index (κ2) is 7.34. The van der Waals surface area contributed by atoms with Gasteiger partial charge in [-0.25, -0.2) is 0 Å². The Labute approximate surface area is 142 Å². The van der Waals surface area contributed by atoms with Gasteiger partial charge < -0.3 is 10.2 Å². The number of rotatable bonds is 4. The number of benzene rings is 1. The lowest BCUT2D eigenvalue weighted by atomic mass is 9.94. The minimum atomic E-state index is 0.519. The van der Waals surface area contributed by atoms with Crippen LogP contribution in [0.4, 0.5) is 5.69 Å². The van der Waals surface area contributed by atoms with E-state index in [4.69, 9.17) is 11.6 Å². The number of nitrogens with one attached hydrogen (secondary N) is 1. The van der Waals surface area contributed by atoms with Crippen molar-refractivity contribution in [3.8, 4) is 0 Å². The average molecular weight is 374 g/mol. The summed E-state index contributed by atoms with van der Waals surface area (Å²) in [5, 5.41) is 4.51. The lowest BCUT2D eigenvalue weighted by molar-refractivity contribution is 0.310. The highest BCUT2D eigenvalue weighted by atomic mass is 79.9. The summed E-state index contributed by atoms with van der Waals surface area (Å²) in [5.74, 6) is 1.33. The van der Waals surface area contributed by atoms with E-state index in [1.54, 1.807) is 0 Å². The minimum Gasteiger partial charge on any atom is -0.365 e. The van der Waals surface area contributed by atoms with E-state index in [0.717, 1.165) is 22.6 Å². The van der Waals surface area contributed by atoms with E-state index in [2.05, 4.69) is 72.0 Å². The van der Waals surface area contributed by atoms with Gasteiger partial charge in [-0.3, -0.25) is 0 Å². The predicted molar refractivity (Wildman–Crippen MR) is 96.4 cm³/mol. The molecule has 118 valence electrons. The van der Waals surface area contributed by atoms with Gasteiger partial charge >= 0.3 is 0 Å². The first kappa shape index (κ1) is 17.1. The van der Waals surface area contributed by atoms with Gasteiger partial charge in [-0.15, -0.1) is 0 Å². The molecule has 2 nitrogen and oxygen atoms in total. The summed E-state index contributed by atoms with van der Waals surface area (Å²) in [5.41, 5.74) is 1.23. The smallest absolute Gasteiger partial charge is 0.0568 e. The summed E-state index contributed by atoms with van der Waals surface area (Å²) >= 11 is 9.77. The van der Waals surface area contributed by atoms with Gasteiger partial charge in [0.15, 0.2) is 0 Å². The lowest BCUT2D eigenvalue weighted by Crippen LogP contribution is -2.58. The summed E-state index contributed by atoms with van der Waals surface area (Å²) in [6.45, 7) is 11.3. The molecule has 1 heterocycles. The third-order valence-corrected chi connectivity index (χ3v) is 5.43. The quantitative estimate of drug-likeness (QED) is 0.803. The van der Waals surface area contributed by atoms with Crippen molar-refractivity contribution in [1.82, 2.24) is 5.32 Å². The van der Waals surface area contributed by atoms with Gasteiger partial charge in [0.2, 0.25) is 0 Å². The van der Waals surface area contributed by atoms with Crippen molar-refractivity contribution in [3.05, 3.63) is 27.7 Å². The van der Waals surface area contributed by atoms with Crippen LogP contribution in [0.1, 0.15) is 34.1 Å². The van der Waals surface area contributed by atoms with Gasteiger partial charge in [-0.2, -0.15) is 0 Å². The molecule has 1 aliphatic heterocycles. The Hall–Kier alpha value is -0.250. The molecule has 0 saturated carbocycles. The first-order valence-electron chi connectivity index (χ1n) is 7.83. The molecule has 2 rings (SSSR count). The Morgan fingerprint density at radius 3 is 2.62 bits per heavy atom. The molecular weight excluding hydrogens is 348 g/mol. The zero-order valence-corrected chi connectivity index (χ0v) is 15.7. The summed E-state index contributed by atoms with van der Waals surface area (Å²) in [6.07, 6.45) is 1.21. The van der Waals surface area contributed by atoms with Crippen LogP contribution in [-0.2, 0) is 0 Å². The van der Waals surface area contributed by atoms with Crippen LogP contribution in [0.2, 0.25) is 5.02 Å². The van der Waals surface area contributed by atoms with Gasteiger partial charge in [0, 0.05) is 35.3 Å². The van der Waals surface area contributed by atoms with Crippen LogP contribution in [0.25, 0.3) is 0 Å². The van der Waals surface area contributed by atoms with Crippen molar-refractivity contribution in [2.24, 2.45) is 11.8 Å². The van der Waals surface area contributed by atoms with E-state index >= 15 is 0 Å². The van der Waals surface area contributed by atoms with E-state index in [1.165, 1.54) is 12.1 Å². The summed E-state index contributed by atoms with van der Waals surface area (Å²) in [4.78, 5) is 2.53. The molecule has 0 bridgehead atoms. The second-order valence-corrected chi connectivity index (χ2v) is 8.06. The van der Waals surface area contributed by atoms with E-state index < -0.39 is 0 Å². The van der Waals surface area contributed by atoms with Crippen LogP contribution in [-0.4, -0.2) is 25.2 Å². The highest BCUT2D eigenvalue weighted by Crippen LogP contribution is 2.31. The van der Waals surface area contributed by atoms with Crippen molar-refractivity contribution in [1.29, 1.82) is 0 Å². The third kappa shape index (κ3) is 4.37. The molecule has 1 fully saturated rings. The Bertz CT molecular complexity index is 476. The Kier molecular flexibility index (Phi) is 5.98. The number of piperazine rings is 1. The Morgan fingerprint density at radius 2 is 2.05 bits per heavy atom. The molecule has 1 aromatic carbocycles. The second-order valence-electron chi connectivity index (χ2n) is 6.80. The van der Waals surface area contributed by atoms with Gasteiger partial charge in [0.1, 0.15) is 0 Å². The fraction of sp³-hybridized carbons (Fsp3) is 0.647. The average Bonchev–Trinajstić information content (AvgIpc) is 2.41. The number of hydrogen-bond acceptors (Lipinski definition) is 2. The predicted octanol–water partition coefficient (Wildman–Crippen LogP) is 4.95. The van der Waals surface area contributed by atoms with Crippen LogP contribution in [0.5, 0.6) is 0 Å². The molecular formula is C17H26BrClN2. The topological polar surface area (TPSA) is 15.3 Å². The van der Waals surface area contributed by atoms with Crippen molar-refractivity contribution in [2.75, 3.05) is 18.0 Å². The van der Waals surface area contributed by atoms with Gasteiger partial charge in [0.25, 0.3) is 0 Å². The maximum Gasteiger partial charge on any atom is 0.0568 e. The molecule has 21 heavy (non-hydrogen) atoms. The molecule has 2 unspecified atom stereocenters. The minimum absolute atomic E-state index is 0.519. The molecule has 0 amide bonds. The third-order valence-electron chi connectivity index (χ3n) is 4.19. The van der Waals surface area contributed by atoms with Crippen molar-refractivity contribution in [2.45, 2.75) is 46.2 Å². The fourth-order valence-corrected chi connectivity index (χ4v) is 3.54. The van der Waals surface area contributed by atoms with E-state index in [9.17, 15) is 0 Å². The molecule has 1 N–H and O–H groups in total. The first-order chi connectivity index (χ1) is 9.88. The number of anilines is 1. The van der Waals surface area contributed by atoms with Gasteiger partial charge in [-0.1, -0.05) is 39.3 Å². The van der Waals surface area contributed by atoms with Crippen LogP contribution in [0, 0.1) is 11.8 Å². The highest BCUT2D eigenvalue weighted by molar-refractivity contribution is 9.10. The molecule has 1 aromatic rings. The molecule has 0 radical (unpaired) electrons. The molecule has 0 aliphatic carbocycles. The van der Waals surface area contributed by atoms with E-state index in [-0.39, 0.29) is 0 Å². The molecule has 4 heteroatoms. The Balaban J connectivity index is 2.22. The van der Waals surface area contributed by atoms with Gasteiger partial charge in [0.05, 0.1) is 5.02 Å². The maximum atomic E-state index is 6.29. The molecule has 2 atom stereocenters.